The Bertz CT molecular complexity index is 618. The van der Waals surface area contributed by atoms with E-state index < -0.39 is 0 Å². The summed E-state index contributed by atoms with van der Waals surface area (Å²) >= 11 is 0. The Hall–Kier alpha value is -1.95. The van der Waals surface area contributed by atoms with E-state index in [9.17, 15) is 0 Å². The highest BCUT2D eigenvalue weighted by atomic mass is 16.5. The van der Waals surface area contributed by atoms with E-state index in [-0.39, 0.29) is 6.10 Å². The van der Waals surface area contributed by atoms with E-state index in [1.54, 1.807) is 7.11 Å². The Kier molecular flexibility index (Phi) is 6.25. The number of guanidine groups is 1. The molecule has 0 radical (unpaired) electrons. The van der Waals surface area contributed by atoms with Crippen LogP contribution in [-0.2, 0) is 0 Å². The monoisotopic (exact) mass is 360 g/mol. The Morgan fingerprint density at radius 2 is 2.04 bits per heavy atom. The lowest BCUT2D eigenvalue weighted by atomic mass is 10.2. The summed E-state index contributed by atoms with van der Waals surface area (Å²) in [4.78, 5) is 7.01. The number of hydrogen-bond acceptors (Lipinski definition) is 4. The second-order valence-electron chi connectivity index (χ2n) is 7.39. The summed E-state index contributed by atoms with van der Waals surface area (Å²) in [5, 5.41) is 6.95. The van der Waals surface area contributed by atoms with Gasteiger partial charge in [0.1, 0.15) is 6.10 Å². The van der Waals surface area contributed by atoms with Crippen LogP contribution in [0.2, 0.25) is 0 Å². The number of nitrogens with zero attached hydrogens (tertiary/aromatic N) is 2. The predicted molar refractivity (Wildman–Crippen MR) is 105 cm³/mol. The molecule has 3 unspecified atom stereocenters. The van der Waals surface area contributed by atoms with Gasteiger partial charge in [-0.3, -0.25) is 9.89 Å². The van der Waals surface area contributed by atoms with E-state index in [1.807, 2.05) is 38.2 Å². The van der Waals surface area contributed by atoms with Gasteiger partial charge < -0.3 is 20.1 Å². The number of aliphatic imine (C=N–C) groups is 1. The van der Waals surface area contributed by atoms with Crippen LogP contribution in [0.4, 0.5) is 0 Å². The molecular weight excluding hydrogens is 328 g/mol. The molecule has 6 heteroatoms. The zero-order valence-electron chi connectivity index (χ0n) is 16.4. The SMILES string of the molecule is CN=C(NCC(C)Oc1ccccc1OC)NC1CC(C)N(C2CC2)C1. The molecule has 144 valence electrons. The Labute approximate surface area is 157 Å². The van der Waals surface area contributed by atoms with Crippen LogP contribution in [0.15, 0.2) is 29.3 Å². The van der Waals surface area contributed by atoms with Crippen LogP contribution in [0.1, 0.15) is 33.1 Å². The van der Waals surface area contributed by atoms with Gasteiger partial charge in [0.15, 0.2) is 17.5 Å². The van der Waals surface area contributed by atoms with Gasteiger partial charge in [-0.05, 0) is 45.2 Å². The number of benzene rings is 1. The summed E-state index contributed by atoms with van der Waals surface area (Å²) in [6.07, 6.45) is 3.89. The van der Waals surface area contributed by atoms with Crippen LogP contribution in [0.3, 0.4) is 0 Å². The molecule has 3 rings (SSSR count). The lowest BCUT2D eigenvalue weighted by Crippen LogP contribution is -2.47. The van der Waals surface area contributed by atoms with Crippen molar-refractivity contribution in [3.8, 4) is 11.5 Å². The summed E-state index contributed by atoms with van der Waals surface area (Å²) in [6.45, 7) is 6.16. The van der Waals surface area contributed by atoms with Crippen molar-refractivity contribution in [2.75, 3.05) is 27.2 Å². The van der Waals surface area contributed by atoms with Crippen molar-refractivity contribution in [1.82, 2.24) is 15.5 Å². The average Bonchev–Trinajstić information content (AvgIpc) is 3.42. The van der Waals surface area contributed by atoms with Crippen LogP contribution in [0.25, 0.3) is 0 Å². The van der Waals surface area contributed by atoms with E-state index in [0.29, 0.717) is 18.6 Å². The fourth-order valence-electron chi connectivity index (χ4n) is 3.68. The van der Waals surface area contributed by atoms with Gasteiger partial charge in [-0.25, -0.2) is 0 Å². The van der Waals surface area contributed by atoms with E-state index in [1.165, 1.54) is 19.3 Å². The minimum Gasteiger partial charge on any atom is -0.493 e. The van der Waals surface area contributed by atoms with Crippen LogP contribution in [-0.4, -0.2) is 62.3 Å². The maximum Gasteiger partial charge on any atom is 0.191 e. The Morgan fingerprint density at radius 1 is 1.31 bits per heavy atom. The summed E-state index contributed by atoms with van der Waals surface area (Å²) in [5.74, 6) is 2.36. The minimum atomic E-state index is -0.00434. The highest BCUT2D eigenvalue weighted by molar-refractivity contribution is 5.80. The quantitative estimate of drug-likeness (QED) is 0.577. The first kappa shape index (κ1) is 18.8. The third kappa shape index (κ3) is 4.81. The lowest BCUT2D eigenvalue weighted by molar-refractivity contribution is 0.213. The molecule has 2 N–H and O–H groups in total. The molecule has 0 aromatic heterocycles. The molecule has 1 aliphatic carbocycles. The number of para-hydroxylation sites is 2. The van der Waals surface area contributed by atoms with E-state index >= 15 is 0 Å². The third-order valence-corrected chi connectivity index (χ3v) is 5.16. The Balaban J connectivity index is 1.45. The topological polar surface area (TPSA) is 58.1 Å². The molecule has 3 atom stereocenters. The normalized spacial score (nSPS) is 25.0. The van der Waals surface area contributed by atoms with Crippen LogP contribution >= 0.6 is 0 Å². The number of likely N-dealkylation sites (tertiary alicyclic amines) is 1. The van der Waals surface area contributed by atoms with Gasteiger partial charge in [0.25, 0.3) is 0 Å². The highest BCUT2D eigenvalue weighted by Gasteiger charge is 2.38. The molecule has 6 nitrogen and oxygen atoms in total. The molecule has 1 saturated heterocycles. The average molecular weight is 361 g/mol. The predicted octanol–water partition coefficient (Wildman–Crippen LogP) is 2.25. The van der Waals surface area contributed by atoms with Gasteiger partial charge in [-0.1, -0.05) is 12.1 Å². The molecule has 1 heterocycles. The molecule has 26 heavy (non-hydrogen) atoms. The molecule has 1 saturated carbocycles. The van der Waals surface area contributed by atoms with Crippen molar-refractivity contribution < 1.29 is 9.47 Å². The number of hydrogen-bond donors (Lipinski definition) is 2. The first-order valence-electron chi connectivity index (χ1n) is 9.63. The molecule has 1 aromatic rings. The fraction of sp³-hybridized carbons (Fsp3) is 0.650. The fourth-order valence-corrected chi connectivity index (χ4v) is 3.68. The first-order chi connectivity index (χ1) is 12.6. The number of rotatable bonds is 7. The highest BCUT2D eigenvalue weighted by Crippen LogP contribution is 2.33. The molecule has 2 fully saturated rings. The van der Waals surface area contributed by atoms with Crippen molar-refractivity contribution in [3.63, 3.8) is 0 Å². The van der Waals surface area contributed by atoms with Gasteiger partial charge in [0.2, 0.25) is 0 Å². The summed E-state index contributed by atoms with van der Waals surface area (Å²) < 4.78 is 11.3. The van der Waals surface area contributed by atoms with Gasteiger partial charge >= 0.3 is 0 Å². The number of nitrogens with one attached hydrogen (secondary N) is 2. The molecular formula is C20H32N4O2. The molecule has 1 aromatic carbocycles. The molecule has 0 amide bonds. The minimum absolute atomic E-state index is 0.00434. The molecule has 2 aliphatic rings. The summed E-state index contributed by atoms with van der Waals surface area (Å²) in [7, 11) is 3.47. The van der Waals surface area contributed by atoms with Crippen molar-refractivity contribution in [2.45, 2.75) is 57.3 Å². The molecule has 1 aliphatic heterocycles. The van der Waals surface area contributed by atoms with Crippen molar-refractivity contribution in [1.29, 1.82) is 0 Å². The maximum absolute atomic E-state index is 6.00. The van der Waals surface area contributed by atoms with Crippen LogP contribution in [0, 0.1) is 0 Å². The third-order valence-electron chi connectivity index (χ3n) is 5.16. The van der Waals surface area contributed by atoms with E-state index in [0.717, 1.165) is 30.0 Å². The summed E-state index contributed by atoms with van der Waals surface area (Å²) in [6, 6.07) is 9.66. The second kappa shape index (κ2) is 8.62. The van der Waals surface area contributed by atoms with Crippen molar-refractivity contribution >= 4 is 5.96 Å². The van der Waals surface area contributed by atoms with Gasteiger partial charge in [0.05, 0.1) is 13.7 Å². The smallest absolute Gasteiger partial charge is 0.191 e. The van der Waals surface area contributed by atoms with Crippen LogP contribution < -0.4 is 20.1 Å². The molecule has 0 bridgehead atoms. The van der Waals surface area contributed by atoms with Crippen molar-refractivity contribution in [3.05, 3.63) is 24.3 Å². The first-order valence-corrected chi connectivity index (χ1v) is 9.63. The van der Waals surface area contributed by atoms with Crippen LogP contribution in [0.5, 0.6) is 11.5 Å². The largest absolute Gasteiger partial charge is 0.493 e. The van der Waals surface area contributed by atoms with E-state index in [4.69, 9.17) is 9.47 Å². The zero-order valence-corrected chi connectivity index (χ0v) is 16.4. The maximum atomic E-state index is 6.00. The van der Waals surface area contributed by atoms with Gasteiger partial charge in [-0.2, -0.15) is 0 Å². The Morgan fingerprint density at radius 3 is 2.69 bits per heavy atom. The summed E-state index contributed by atoms with van der Waals surface area (Å²) in [5.41, 5.74) is 0. The van der Waals surface area contributed by atoms with Gasteiger partial charge in [-0.15, -0.1) is 0 Å². The van der Waals surface area contributed by atoms with Gasteiger partial charge in [0, 0.05) is 31.7 Å². The van der Waals surface area contributed by atoms with Crippen molar-refractivity contribution in [2.24, 2.45) is 4.99 Å². The number of ether oxygens (including phenoxy) is 2. The standard InChI is InChI=1S/C20H32N4O2/c1-14-11-16(13-24(14)17-9-10-17)23-20(21-3)22-12-15(2)26-19-8-6-5-7-18(19)25-4/h5-8,14-17H,9-13H2,1-4H3,(H2,21,22,23). The molecule has 0 spiro atoms. The zero-order chi connectivity index (χ0) is 18.5. The number of methoxy groups -OCH3 is 1. The lowest BCUT2D eigenvalue weighted by Gasteiger charge is -2.21. The second-order valence-corrected chi connectivity index (χ2v) is 7.39. The van der Waals surface area contributed by atoms with E-state index in [2.05, 4.69) is 27.4 Å².